The minimum absolute atomic E-state index is 0.905. The van der Waals surface area contributed by atoms with Crippen LogP contribution in [0.4, 0.5) is 0 Å². The van der Waals surface area contributed by atoms with E-state index >= 15 is 0 Å². The van der Waals surface area contributed by atoms with Gasteiger partial charge in [-0.2, -0.15) is 0 Å². The molecule has 0 aliphatic heterocycles. The predicted octanol–water partition coefficient (Wildman–Crippen LogP) is 1.51. The van der Waals surface area contributed by atoms with Crippen LogP contribution in [-0.4, -0.2) is 43.0 Å². The van der Waals surface area contributed by atoms with Gasteiger partial charge in [-0.25, -0.2) is 0 Å². The van der Waals surface area contributed by atoms with E-state index in [0.717, 1.165) is 24.5 Å². The maximum Gasteiger partial charge on any atom is 0.0550 e. The fourth-order valence-electron chi connectivity index (χ4n) is 1.63. The van der Waals surface area contributed by atoms with Gasteiger partial charge in [-0.05, 0) is 52.8 Å². The highest BCUT2D eigenvalue weighted by molar-refractivity contribution is 5.20. The Hall–Kier alpha value is -0.930. The third-order valence-corrected chi connectivity index (χ3v) is 2.03. The van der Waals surface area contributed by atoms with E-state index in [0.29, 0.717) is 0 Å². The lowest BCUT2D eigenvalue weighted by molar-refractivity contribution is 0.384. The molecule has 1 rings (SSSR count). The summed E-state index contributed by atoms with van der Waals surface area (Å²) < 4.78 is 0. The second-order valence-electron chi connectivity index (χ2n) is 4.60. The molecule has 0 fully saturated rings. The summed E-state index contributed by atoms with van der Waals surface area (Å²) in [5.74, 6) is 0. The summed E-state index contributed by atoms with van der Waals surface area (Å²) in [4.78, 5) is 8.91. The molecule has 84 valence electrons. The minimum Gasteiger partial charge on any atom is -0.304 e. The molecule has 0 unspecified atom stereocenters. The Morgan fingerprint density at radius 2 is 1.33 bits per heavy atom. The number of nitrogens with zero attached hydrogens (tertiary/aromatic N) is 3. The topological polar surface area (TPSA) is 19.4 Å². The van der Waals surface area contributed by atoms with E-state index < -0.39 is 0 Å². The Labute approximate surface area is 92.7 Å². The Balaban J connectivity index is 2.84. The third kappa shape index (κ3) is 4.40. The van der Waals surface area contributed by atoms with Gasteiger partial charge in [-0.1, -0.05) is 0 Å². The zero-order valence-corrected chi connectivity index (χ0v) is 10.4. The summed E-state index contributed by atoms with van der Waals surface area (Å²) in [7, 11) is 8.26. The fraction of sp³-hybridized carbons (Fsp3) is 0.583. The third-order valence-electron chi connectivity index (χ3n) is 2.03. The number of aryl methyl sites for hydroxylation is 1. The molecule has 0 bridgehead atoms. The molecule has 0 amide bonds. The summed E-state index contributed by atoms with van der Waals surface area (Å²) in [6, 6.07) is 4.30. The van der Waals surface area contributed by atoms with Crippen LogP contribution in [0.25, 0.3) is 0 Å². The van der Waals surface area contributed by atoms with Gasteiger partial charge in [0, 0.05) is 13.1 Å². The van der Waals surface area contributed by atoms with Crippen molar-refractivity contribution in [2.45, 2.75) is 20.0 Å². The lowest BCUT2D eigenvalue weighted by Crippen LogP contribution is -2.15. The standard InChI is InChI=1S/C12H21N3/c1-10-6-11(8-14(2)3)13-12(7-10)9-15(4)5/h6-7H,8-9H2,1-5H3. The van der Waals surface area contributed by atoms with Gasteiger partial charge in [0.05, 0.1) is 11.4 Å². The molecular weight excluding hydrogens is 186 g/mol. The van der Waals surface area contributed by atoms with Crippen LogP contribution in [0, 0.1) is 6.92 Å². The molecule has 0 aromatic carbocycles. The quantitative estimate of drug-likeness (QED) is 0.746. The van der Waals surface area contributed by atoms with Crippen molar-refractivity contribution in [3.05, 3.63) is 29.1 Å². The van der Waals surface area contributed by atoms with Crippen LogP contribution in [0.2, 0.25) is 0 Å². The van der Waals surface area contributed by atoms with Crippen LogP contribution in [0.1, 0.15) is 17.0 Å². The van der Waals surface area contributed by atoms with Crippen molar-refractivity contribution in [1.82, 2.24) is 14.8 Å². The molecule has 1 aromatic heterocycles. The first-order chi connectivity index (χ1) is 6.97. The normalized spacial score (nSPS) is 11.4. The Morgan fingerprint density at radius 1 is 0.933 bits per heavy atom. The fourth-order valence-corrected chi connectivity index (χ4v) is 1.63. The van der Waals surface area contributed by atoms with Crippen molar-refractivity contribution < 1.29 is 0 Å². The highest BCUT2D eigenvalue weighted by atomic mass is 15.1. The van der Waals surface area contributed by atoms with Gasteiger partial charge in [0.15, 0.2) is 0 Å². The smallest absolute Gasteiger partial charge is 0.0550 e. The molecule has 3 nitrogen and oxygen atoms in total. The van der Waals surface area contributed by atoms with Crippen LogP contribution >= 0.6 is 0 Å². The predicted molar refractivity (Wildman–Crippen MR) is 63.8 cm³/mol. The molecule has 0 spiro atoms. The number of rotatable bonds is 4. The number of hydrogen-bond acceptors (Lipinski definition) is 3. The Bertz CT molecular complexity index is 290. The molecule has 0 atom stereocenters. The Morgan fingerprint density at radius 3 is 1.67 bits per heavy atom. The maximum atomic E-state index is 4.63. The zero-order chi connectivity index (χ0) is 11.4. The zero-order valence-electron chi connectivity index (χ0n) is 10.4. The summed E-state index contributed by atoms with van der Waals surface area (Å²) in [6.07, 6.45) is 0. The van der Waals surface area contributed by atoms with E-state index in [-0.39, 0.29) is 0 Å². The van der Waals surface area contributed by atoms with Gasteiger partial charge in [-0.15, -0.1) is 0 Å². The first kappa shape index (κ1) is 12.1. The van der Waals surface area contributed by atoms with Crippen LogP contribution in [-0.2, 0) is 13.1 Å². The van der Waals surface area contributed by atoms with E-state index in [4.69, 9.17) is 0 Å². The van der Waals surface area contributed by atoms with Crippen molar-refractivity contribution in [3.63, 3.8) is 0 Å². The highest BCUT2D eigenvalue weighted by Crippen LogP contribution is 2.08. The summed E-state index contributed by atoms with van der Waals surface area (Å²) in [6.45, 7) is 3.93. The molecule has 0 N–H and O–H groups in total. The number of aromatic nitrogens is 1. The SMILES string of the molecule is Cc1cc(CN(C)C)nc(CN(C)C)c1. The largest absolute Gasteiger partial charge is 0.304 e. The molecule has 1 aromatic rings. The van der Waals surface area contributed by atoms with Gasteiger partial charge in [-0.3, -0.25) is 4.98 Å². The van der Waals surface area contributed by atoms with Crippen LogP contribution in [0.15, 0.2) is 12.1 Å². The molecule has 0 saturated carbocycles. The van der Waals surface area contributed by atoms with Crippen LogP contribution < -0.4 is 0 Å². The van der Waals surface area contributed by atoms with Crippen molar-refractivity contribution >= 4 is 0 Å². The monoisotopic (exact) mass is 207 g/mol. The van der Waals surface area contributed by atoms with Gasteiger partial charge in [0.2, 0.25) is 0 Å². The Kier molecular flexibility index (Phi) is 4.24. The number of pyridine rings is 1. The van der Waals surface area contributed by atoms with Crippen LogP contribution in [0.3, 0.4) is 0 Å². The lowest BCUT2D eigenvalue weighted by Gasteiger charge is -2.13. The lowest BCUT2D eigenvalue weighted by atomic mass is 10.2. The molecule has 0 saturated heterocycles. The summed E-state index contributed by atoms with van der Waals surface area (Å²) >= 11 is 0. The first-order valence-corrected chi connectivity index (χ1v) is 5.23. The van der Waals surface area contributed by atoms with Crippen LogP contribution in [0.5, 0.6) is 0 Å². The average molecular weight is 207 g/mol. The molecule has 0 aliphatic carbocycles. The van der Waals surface area contributed by atoms with Crippen molar-refractivity contribution in [2.24, 2.45) is 0 Å². The maximum absolute atomic E-state index is 4.63. The average Bonchev–Trinajstić information content (AvgIpc) is 1.98. The van der Waals surface area contributed by atoms with E-state index in [1.165, 1.54) is 5.56 Å². The van der Waals surface area contributed by atoms with Crippen molar-refractivity contribution in [3.8, 4) is 0 Å². The summed E-state index contributed by atoms with van der Waals surface area (Å²) in [5, 5.41) is 0. The van der Waals surface area contributed by atoms with Gasteiger partial charge in [0.25, 0.3) is 0 Å². The number of hydrogen-bond donors (Lipinski definition) is 0. The van der Waals surface area contributed by atoms with Crippen molar-refractivity contribution in [1.29, 1.82) is 0 Å². The van der Waals surface area contributed by atoms with Gasteiger partial charge < -0.3 is 9.80 Å². The molecule has 3 heteroatoms. The van der Waals surface area contributed by atoms with E-state index in [2.05, 4.69) is 62.0 Å². The van der Waals surface area contributed by atoms with E-state index in [1.807, 2.05) is 0 Å². The van der Waals surface area contributed by atoms with E-state index in [1.54, 1.807) is 0 Å². The molecule has 0 radical (unpaired) electrons. The second-order valence-corrected chi connectivity index (χ2v) is 4.60. The molecule has 1 heterocycles. The van der Waals surface area contributed by atoms with Gasteiger partial charge in [0.1, 0.15) is 0 Å². The van der Waals surface area contributed by atoms with Crippen molar-refractivity contribution in [2.75, 3.05) is 28.2 Å². The first-order valence-electron chi connectivity index (χ1n) is 5.23. The molecule has 0 aliphatic rings. The molecule has 15 heavy (non-hydrogen) atoms. The minimum atomic E-state index is 0.905. The molecular formula is C12H21N3. The van der Waals surface area contributed by atoms with E-state index in [9.17, 15) is 0 Å². The highest BCUT2D eigenvalue weighted by Gasteiger charge is 2.02. The second kappa shape index (κ2) is 5.24. The summed E-state index contributed by atoms with van der Waals surface area (Å²) in [5.41, 5.74) is 3.59. The van der Waals surface area contributed by atoms with Gasteiger partial charge >= 0.3 is 0 Å².